The molecule has 0 spiro atoms. The first kappa shape index (κ1) is 16.1. The number of nitrogens with zero attached hydrogens (tertiary/aromatic N) is 4. The first-order chi connectivity index (χ1) is 11.3. The van der Waals surface area contributed by atoms with Gasteiger partial charge in [-0.2, -0.15) is 4.98 Å². The number of carbonyl (C=O) groups is 1. The summed E-state index contributed by atoms with van der Waals surface area (Å²) in [6.45, 7) is 8.47. The van der Waals surface area contributed by atoms with Crippen LogP contribution in [0.2, 0.25) is 0 Å². The third-order valence-corrected chi connectivity index (χ3v) is 3.94. The van der Waals surface area contributed by atoms with Gasteiger partial charge in [-0.15, -0.1) is 5.10 Å². The molecule has 0 radical (unpaired) electrons. The third kappa shape index (κ3) is 3.27. The highest BCUT2D eigenvalue weighted by Gasteiger charge is 2.18. The molecule has 3 aromatic rings. The van der Waals surface area contributed by atoms with Gasteiger partial charge in [-0.25, -0.2) is 9.50 Å². The lowest BCUT2D eigenvalue weighted by molar-refractivity contribution is 0.0929. The largest absolute Gasteiger partial charge is 0.343 e. The molecule has 2 heterocycles. The van der Waals surface area contributed by atoms with Crippen LogP contribution in [0.25, 0.3) is 5.78 Å². The summed E-state index contributed by atoms with van der Waals surface area (Å²) in [6.07, 6.45) is 3.33. The Hall–Kier alpha value is -2.76. The van der Waals surface area contributed by atoms with Gasteiger partial charge in [0.1, 0.15) is 0 Å². The number of hydrogen-bond donors (Lipinski definition) is 1. The van der Waals surface area contributed by atoms with Crippen molar-refractivity contribution in [3.8, 4) is 0 Å². The van der Waals surface area contributed by atoms with Crippen molar-refractivity contribution in [3.05, 3.63) is 59.7 Å². The van der Waals surface area contributed by atoms with E-state index in [1.807, 2.05) is 19.1 Å². The van der Waals surface area contributed by atoms with Gasteiger partial charge < -0.3 is 5.32 Å². The highest BCUT2D eigenvalue weighted by molar-refractivity contribution is 5.91. The van der Waals surface area contributed by atoms with Gasteiger partial charge in [-0.3, -0.25) is 4.79 Å². The minimum atomic E-state index is -0.312. The third-order valence-electron chi connectivity index (χ3n) is 3.94. The van der Waals surface area contributed by atoms with Gasteiger partial charge >= 0.3 is 0 Å². The van der Waals surface area contributed by atoms with E-state index in [4.69, 9.17) is 0 Å². The van der Waals surface area contributed by atoms with Gasteiger partial charge in [0.25, 0.3) is 11.7 Å². The molecule has 0 aliphatic carbocycles. The number of benzene rings is 1. The summed E-state index contributed by atoms with van der Waals surface area (Å²) in [5, 5.41) is 7.06. The minimum absolute atomic E-state index is 0.110. The van der Waals surface area contributed by atoms with Crippen LogP contribution in [0.4, 0.5) is 0 Å². The van der Waals surface area contributed by atoms with Crippen molar-refractivity contribution < 1.29 is 4.79 Å². The molecule has 1 atom stereocenters. The molecule has 3 rings (SSSR count). The quantitative estimate of drug-likeness (QED) is 0.804. The van der Waals surface area contributed by atoms with Crippen LogP contribution in [0.3, 0.4) is 0 Å². The van der Waals surface area contributed by atoms with Crippen molar-refractivity contribution in [2.75, 3.05) is 0 Å². The fourth-order valence-corrected chi connectivity index (χ4v) is 2.45. The molecule has 0 aliphatic rings. The number of hydrogen-bond acceptors (Lipinski definition) is 4. The Labute approximate surface area is 141 Å². The molecule has 6 heteroatoms. The van der Waals surface area contributed by atoms with Crippen LogP contribution in [0.5, 0.6) is 0 Å². The standard InChI is InChI=1S/C18H21N5O/c1-12(13-6-8-14(9-7-13)18(2,3)4)20-16(24)15-21-17-19-10-5-11-23(17)22-15/h5-12H,1-4H3,(H,20,24)/t12-/m1/s1. The first-order valence-electron chi connectivity index (χ1n) is 7.93. The maximum absolute atomic E-state index is 12.3. The number of amides is 1. The Morgan fingerprint density at radius 2 is 1.92 bits per heavy atom. The van der Waals surface area contributed by atoms with Crippen LogP contribution in [0, 0.1) is 0 Å². The van der Waals surface area contributed by atoms with Crippen LogP contribution in [-0.4, -0.2) is 25.5 Å². The summed E-state index contributed by atoms with van der Waals surface area (Å²) in [7, 11) is 0. The maximum atomic E-state index is 12.3. The van der Waals surface area contributed by atoms with Gasteiger partial charge in [0.15, 0.2) is 0 Å². The lowest BCUT2D eigenvalue weighted by Crippen LogP contribution is -2.27. The molecular formula is C18H21N5O. The molecule has 0 saturated carbocycles. The summed E-state index contributed by atoms with van der Waals surface area (Å²) in [5.41, 5.74) is 2.41. The highest BCUT2D eigenvalue weighted by Crippen LogP contribution is 2.23. The SMILES string of the molecule is C[C@@H](NC(=O)c1nc2ncccn2n1)c1ccc(C(C)(C)C)cc1. The number of nitrogens with one attached hydrogen (secondary N) is 1. The summed E-state index contributed by atoms with van der Waals surface area (Å²) < 4.78 is 1.48. The van der Waals surface area contributed by atoms with Crippen LogP contribution >= 0.6 is 0 Å². The second kappa shape index (κ2) is 6.03. The average molecular weight is 323 g/mol. The fourth-order valence-electron chi connectivity index (χ4n) is 2.45. The van der Waals surface area contributed by atoms with E-state index in [-0.39, 0.29) is 23.2 Å². The molecule has 0 unspecified atom stereocenters. The van der Waals surface area contributed by atoms with Crippen molar-refractivity contribution in [1.29, 1.82) is 0 Å². The first-order valence-corrected chi connectivity index (χ1v) is 7.93. The van der Waals surface area contributed by atoms with Gasteiger partial charge in [0, 0.05) is 12.4 Å². The zero-order valence-corrected chi connectivity index (χ0v) is 14.3. The fraction of sp³-hybridized carbons (Fsp3) is 0.333. The number of fused-ring (bicyclic) bond motifs is 1. The number of aromatic nitrogens is 4. The molecule has 1 N–H and O–H groups in total. The monoisotopic (exact) mass is 323 g/mol. The van der Waals surface area contributed by atoms with Crippen molar-refractivity contribution in [2.45, 2.75) is 39.2 Å². The summed E-state index contributed by atoms with van der Waals surface area (Å²) in [5.74, 6) is 0.213. The number of carbonyl (C=O) groups excluding carboxylic acids is 1. The van der Waals surface area contributed by atoms with E-state index >= 15 is 0 Å². The molecule has 1 aromatic carbocycles. The normalized spacial score (nSPS) is 13.0. The molecule has 0 aliphatic heterocycles. The zero-order valence-electron chi connectivity index (χ0n) is 14.3. The Morgan fingerprint density at radius 1 is 1.21 bits per heavy atom. The van der Waals surface area contributed by atoms with E-state index in [1.54, 1.807) is 18.5 Å². The van der Waals surface area contributed by atoms with E-state index in [0.29, 0.717) is 5.78 Å². The van der Waals surface area contributed by atoms with Gasteiger partial charge in [-0.05, 0) is 29.5 Å². The van der Waals surface area contributed by atoms with Crippen LogP contribution < -0.4 is 5.32 Å². The van der Waals surface area contributed by atoms with Gasteiger partial charge in [0.05, 0.1) is 6.04 Å². The Morgan fingerprint density at radius 3 is 2.54 bits per heavy atom. The smallest absolute Gasteiger partial charge is 0.291 e. The summed E-state index contributed by atoms with van der Waals surface area (Å²) >= 11 is 0. The Kier molecular flexibility index (Phi) is 4.05. The van der Waals surface area contributed by atoms with Crippen LogP contribution in [0.1, 0.15) is 55.5 Å². The second-order valence-corrected chi connectivity index (χ2v) is 6.87. The molecule has 0 bridgehead atoms. The molecule has 6 nitrogen and oxygen atoms in total. The predicted octanol–water partition coefficient (Wildman–Crippen LogP) is 2.91. The zero-order chi connectivity index (χ0) is 17.3. The minimum Gasteiger partial charge on any atom is -0.343 e. The molecule has 124 valence electrons. The van der Waals surface area contributed by atoms with E-state index in [9.17, 15) is 4.79 Å². The Balaban J connectivity index is 1.74. The highest BCUT2D eigenvalue weighted by atomic mass is 16.2. The molecule has 1 amide bonds. The molecular weight excluding hydrogens is 302 g/mol. The number of rotatable bonds is 3. The second-order valence-electron chi connectivity index (χ2n) is 6.87. The summed E-state index contributed by atoms with van der Waals surface area (Å²) in [4.78, 5) is 20.5. The van der Waals surface area contributed by atoms with E-state index < -0.39 is 0 Å². The topological polar surface area (TPSA) is 72.2 Å². The van der Waals surface area contributed by atoms with Crippen molar-refractivity contribution >= 4 is 11.7 Å². The van der Waals surface area contributed by atoms with Crippen LogP contribution in [-0.2, 0) is 5.41 Å². The molecule has 0 saturated heterocycles. The molecule has 2 aromatic heterocycles. The van der Waals surface area contributed by atoms with Gasteiger partial charge in [-0.1, -0.05) is 45.0 Å². The van der Waals surface area contributed by atoms with Crippen molar-refractivity contribution in [1.82, 2.24) is 24.9 Å². The Bertz CT molecular complexity index is 828. The van der Waals surface area contributed by atoms with E-state index in [2.05, 4.69) is 53.3 Å². The molecule has 24 heavy (non-hydrogen) atoms. The lowest BCUT2D eigenvalue weighted by atomic mass is 9.86. The van der Waals surface area contributed by atoms with Crippen LogP contribution in [0.15, 0.2) is 42.7 Å². The van der Waals surface area contributed by atoms with E-state index in [1.165, 1.54) is 10.1 Å². The predicted molar refractivity (Wildman–Crippen MR) is 91.8 cm³/mol. The van der Waals surface area contributed by atoms with E-state index in [0.717, 1.165) is 5.56 Å². The van der Waals surface area contributed by atoms with Crippen molar-refractivity contribution in [3.63, 3.8) is 0 Å². The lowest BCUT2D eigenvalue weighted by Gasteiger charge is -2.20. The summed E-state index contributed by atoms with van der Waals surface area (Å²) in [6, 6.07) is 9.90. The average Bonchev–Trinajstić information content (AvgIpc) is 2.98. The van der Waals surface area contributed by atoms with Gasteiger partial charge in [0.2, 0.25) is 5.82 Å². The molecule has 0 fully saturated rings. The maximum Gasteiger partial charge on any atom is 0.291 e. The van der Waals surface area contributed by atoms with Crippen molar-refractivity contribution in [2.24, 2.45) is 0 Å².